The molecule has 3 rings (SSSR count). The topological polar surface area (TPSA) is 36.7 Å². The van der Waals surface area contributed by atoms with Gasteiger partial charge in [-0.15, -0.1) is 11.3 Å². The van der Waals surface area contributed by atoms with Crippen molar-refractivity contribution in [2.45, 2.75) is 39.0 Å². The lowest BCUT2D eigenvalue weighted by Crippen LogP contribution is -2.02. The van der Waals surface area contributed by atoms with Gasteiger partial charge < -0.3 is 0 Å². The minimum absolute atomic E-state index is 0.467. The highest BCUT2D eigenvalue weighted by Gasteiger charge is 2.13. The van der Waals surface area contributed by atoms with Crippen LogP contribution in [0.25, 0.3) is 10.6 Å². The number of fused-ring (bicyclic) bond motifs is 1. The summed E-state index contributed by atoms with van der Waals surface area (Å²) in [6, 6.07) is 8.94. The number of hydrogen-bond donors (Lipinski definition) is 0. The van der Waals surface area contributed by atoms with Crippen LogP contribution in [-0.2, 0) is 19.3 Å². The van der Waals surface area contributed by atoms with E-state index in [0.29, 0.717) is 6.42 Å². The van der Waals surface area contributed by atoms with E-state index in [0.717, 1.165) is 15.6 Å². The molecule has 0 unspecified atom stereocenters. The van der Waals surface area contributed by atoms with Gasteiger partial charge >= 0.3 is 0 Å². The molecule has 2 nitrogen and oxygen atoms in total. The molecule has 0 saturated heterocycles. The van der Waals surface area contributed by atoms with E-state index in [4.69, 9.17) is 5.26 Å². The summed E-state index contributed by atoms with van der Waals surface area (Å²) < 4.78 is 0. The van der Waals surface area contributed by atoms with Crippen molar-refractivity contribution < 1.29 is 0 Å². The maximum Gasteiger partial charge on any atom is 0.123 e. The van der Waals surface area contributed by atoms with Crippen LogP contribution in [0.5, 0.6) is 0 Å². The molecule has 0 amide bonds. The first-order valence-electron chi connectivity index (χ1n) is 6.73. The smallest absolute Gasteiger partial charge is 0.123 e. The van der Waals surface area contributed by atoms with Gasteiger partial charge in [0.2, 0.25) is 0 Å². The van der Waals surface area contributed by atoms with Gasteiger partial charge in [0.1, 0.15) is 5.01 Å². The van der Waals surface area contributed by atoms with Gasteiger partial charge in [-0.05, 0) is 49.8 Å². The van der Waals surface area contributed by atoms with E-state index in [1.807, 2.05) is 6.92 Å². The lowest BCUT2D eigenvalue weighted by atomic mass is 9.90. The number of aromatic nitrogens is 1. The highest BCUT2D eigenvalue weighted by molar-refractivity contribution is 7.15. The van der Waals surface area contributed by atoms with Gasteiger partial charge in [0.15, 0.2) is 0 Å². The number of thiazole rings is 1. The van der Waals surface area contributed by atoms with Gasteiger partial charge in [0.25, 0.3) is 0 Å². The quantitative estimate of drug-likeness (QED) is 0.823. The molecule has 19 heavy (non-hydrogen) atoms. The molecule has 0 spiro atoms. The van der Waals surface area contributed by atoms with Gasteiger partial charge in [-0.25, -0.2) is 4.98 Å². The number of nitrogens with zero attached hydrogens (tertiary/aromatic N) is 2. The van der Waals surface area contributed by atoms with Crippen LogP contribution in [0.3, 0.4) is 0 Å². The van der Waals surface area contributed by atoms with E-state index < -0.39 is 0 Å². The summed E-state index contributed by atoms with van der Waals surface area (Å²) in [6.07, 6.45) is 5.49. The molecule has 3 heteroatoms. The Kier molecular flexibility index (Phi) is 3.35. The van der Waals surface area contributed by atoms with Crippen LogP contribution < -0.4 is 0 Å². The molecule has 1 heterocycles. The van der Waals surface area contributed by atoms with E-state index in [-0.39, 0.29) is 0 Å². The lowest BCUT2D eigenvalue weighted by molar-refractivity contribution is 0.686. The predicted molar refractivity (Wildman–Crippen MR) is 78.2 cm³/mol. The number of aryl methyl sites for hydroxylation is 3. The summed E-state index contributed by atoms with van der Waals surface area (Å²) in [7, 11) is 0. The van der Waals surface area contributed by atoms with E-state index in [1.165, 1.54) is 42.4 Å². The molecular formula is C16H16N2S. The molecule has 0 radical (unpaired) electrons. The van der Waals surface area contributed by atoms with Crippen LogP contribution >= 0.6 is 11.3 Å². The zero-order chi connectivity index (χ0) is 13.2. The second-order valence-electron chi connectivity index (χ2n) is 5.05. The minimum Gasteiger partial charge on any atom is -0.241 e. The highest BCUT2D eigenvalue weighted by Crippen LogP contribution is 2.31. The molecule has 2 aromatic rings. The Hall–Kier alpha value is -1.66. The van der Waals surface area contributed by atoms with Crippen molar-refractivity contribution in [1.29, 1.82) is 5.26 Å². The summed E-state index contributed by atoms with van der Waals surface area (Å²) in [5, 5.41) is 9.86. The predicted octanol–water partition coefficient (Wildman–Crippen LogP) is 4.06. The summed E-state index contributed by atoms with van der Waals surface area (Å²) in [5.41, 5.74) is 5.19. The Bertz CT molecular complexity index is 649. The standard InChI is InChI=1S/C16H16N2S/c1-11-15(8-9-17)19-16(18-11)14-7-6-12-4-2-3-5-13(12)10-14/h6-7,10H,2-5,8H2,1H3. The van der Waals surface area contributed by atoms with Crippen LogP contribution in [-0.4, -0.2) is 4.98 Å². The molecule has 1 aromatic carbocycles. The zero-order valence-corrected chi connectivity index (χ0v) is 11.9. The summed E-state index contributed by atoms with van der Waals surface area (Å²) >= 11 is 1.65. The first-order valence-corrected chi connectivity index (χ1v) is 7.55. The fourth-order valence-corrected chi connectivity index (χ4v) is 3.64. The van der Waals surface area contributed by atoms with Crippen LogP contribution in [0.4, 0.5) is 0 Å². The molecule has 0 fully saturated rings. The van der Waals surface area contributed by atoms with Crippen molar-refractivity contribution in [2.24, 2.45) is 0 Å². The van der Waals surface area contributed by atoms with Crippen LogP contribution in [0.15, 0.2) is 18.2 Å². The molecule has 1 aromatic heterocycles. The molecule has 96 valence electrons. The van der Waals surface area contributed by atoms with Gasteiger partial charge in [-0.1, -0.05) is 12.1 Å². The number of hydrogen-bond acceptors (Lipinski definition) is 3. The maximum atomic E-state index is 8.81. The third-order valence-electron chi connectivity index (χ3n) is 3.73. The lowest BCUT2D eigenvalue weighted by Gasteiger charge is -2.15. The van der Waals surface area contributed by atoms with Gasteiger partial charge in [0.05, 0.1) is 18.2 Å². The number of benzene rings is 1. The first-order chi connectivity index (χ1) is 9.28. The molecule has 0 bridgehead atoms. The summed E-state index contributed by atoms with van der Waals surface area (Å²) in [5.74, 6) is 0. The maximum absolute atomic E-state index is 8.81. The third kappa shape index (κ3) is 2.41. The van der Waals surface area contributed by atoms with E-state index in [1.54, 1.807) is 11.3 Å². The number of nitriles is 1. The van der Waals surface area contributed by atoms with Gasteiger partial charge in [0, 0.05) is 10.4 Å². The minimum atomic E-state index is 0.467. The first kappa shape index (κ1) is 12.4. The largest absolute Gasteiger partial charge is 0.241 e. The van der Waals surface area contributed by atoms with Crippen molar-refractivity contribution >= 4 is 11.3 Å². The van der Waals surface area contributed by atoms with Crippen molar-refractivity contribution in [3.05, 3.63) is 39.9 Å². The van der Waals surface area contributed by atoms with Gasteiger partial charge in [-0.2, -0.15) is 5.26 Å². The molecule has 0 saturated carbocycles. The molecular weight excluding hydrogens is 252 g/mol. The van der Waals surface area contributed by atoms with Crippen molar-refractivity contribution in [3.63, 3.8) is 0 Å². The third-order valence-corrected chi connectivity index (χ3v) is 4.93. The summed E-state index contributed by atoms with van der Waals surface area (Å²) in [4.78, 5) is 5.71. The highest BCUT2D eigenvalue weighted by atomic mass is 32.1. The second kappa shape index (κ2) is 5.14. The molecule has 1 aliphatic carbocycles. The Labute approximate surface area is 117 Å². The van der Waals surface area contributed by atoms with Crippen molar-refractivity contribution in [1.82, 2.24) is 4.98 Å². The Morgan fingerprint density at radius 3 is 2.84 bits per heavy atom. The number of rotatable bonds is 2. The average molecular weight is 268 g/mol. The zero-order valence-electron chi connectivity index (χ0n) is 11.1. The van der Waals surface area contributed by atoms with E-state index in [9.17, 15) is 0 Å². The molecule has 0 atom stereocenters. The monoisotopic (exact) mass is 268 g/mol. The van der Waals surface area contributed by atoms with E-state index in [2.05, 4.69) is 29.3 Å². The van der Waals surface area contributed by atoms with Crippen molar-refractivity contribution in [2.75, 3.05) is 0 Å². The van der Waals surface area contributed by atoms with Crippen LogP contribution in [0.1, 0.15) is 34.5 Å². The second-order valence-corrected chi connectivity index (χ2v) is 6.14. The molecule has 1 aliphatic rings. The molecule has 0 N–H and O–H groups in total. The Balaban J connectivity index is 1.98. The molecule has 0 aliphatic heterocycles. The summed E-state index contributed by atoms with van der Waals surface area (Å²) in [6.45, 7) is 1.99. The normalized spacial score (nSPS) is 13.9. The van der Waals surface area contributed by atoms with Crippen LogP contribution in [0.2, 0.25) is 0 Å². The fraction of sp³-hybridized carbons (Fsp3) is 0.375. The average Bonchev–Trinajstić information content (AvgIpc) is 2.80. The van der Waals surface area contributed by atoms with Crippen LogP contribution in [0, 0.1) is 18.3 Å². The Morgan fingerprint density at radius 1 is 1.26 bits per heavy atom. The van der Waals surface area contributed by atoms with E-state index >= 15 is 0 Å². The van der Waals surface area contributed by atoms with Crippen molar-refractivity contribution in [3.8, 4) is 16.6 Å². The fourth-order valence-electron chi connectivity index (χ4n) is 2.65. The van der Waals surface area contributed by atoms with Gasteiger partial charge in [-0.3, -0.25) is 0 Å². The Morgan fingerprint density at radius 2 is 2.05 bits per heavy atom. The SMILES string of the molecule is Cc1nc(-c2ccc3c(c2)CCCC3)sc1CC#N.